The van der Waals surface area contributed by atoms with Crippen LogP contribution in [0.3, 0.4) is 0 Å². The fourth-order valence-electron chi connectivity index (χ4n) is 3.88. The van der Waals surface area contributed by atoms with E-state index < -0.39 is 0 Å². The number of hydrogen-bond acceptors (Lipinski definition) is 7. The molecular formula is C20H18N6OS. The number of furan rings is 1. The van der Waals surface area contributed by atoms with Gasteiger partial charge in [-0.15, -0.1) is 11.3 Å². The van der Waals surface area contributed by atoms with E-state index in [4.69, 9.17) is 14.4 Å². The summed E-state index contributed by atoms with van der Waals surface area (Å²) in [5, 5.41) is 5.74. The van der Waals surface area contributed by atoms with E-state index >= 15 is 0 Å². The highest BCUT2D eigenvalue weighted by Crippen LogP contribution is 2.35. The molecule has 0 radical (unpaired) electrons. The molecule has 1 atom stereocenters. The summed E-state index contributed by atoms with van der Waals surface area (Å²) < 4.78 is 7.79. The molecule has 140 valence electrons. The second kappa shape index (κ2) is 6.22. The molecule has 0 saturated carbocycles. The number of para-hydroxylation sites is 2. The third-order valence-electron chi connectivity index (χ3n) is 5.13. The van der Waals surface area contributed by atoms with Crippen molar-refractivity contribution in [3.63, 3.8) is 0 Å². The van der Waals surface area contributed by atoms with Crippen molar-refractivity contribution in [1.29, 1.82) is 0 Å². The highest BCUT2D eigenvalue weighted by Gasteiger charge is 2.36. The van der Waals surface area contributed by atoms with Gasteiger partial charge in [0.15, 0.2) is 0 Å². The summed E-state index contributed by atoms with van der Waals surface area (Å²) in [6, 6.07) is 16.4. The van der Waals surface area contributed by atoms with Crippen molar-refractivity contribution in [2.45, 2.75) is 12.7 Å². The van der Waals surface area contributed by atoms with Gasteiger partial charge in [-0.25, -0.2) is 9.98 Å². The number of aliphatic imine (C=N–C) groups is 1. The lowest BCUT2D eigenvalue weighted by atomic mass is 10.3. The molecule has 1 N–H and O–H groups in total. The summed E-state index contributed by atoms with van der Waals surface area (Å²) in [4.78, 5) is 15.4. The predicted octanol–water partition coefficient (Wildman–Crippen LogP) is 3.43. The molecule has 4 aromatic rings. The van der Waals surface area contributed by atoms with Gasteiger partial charge in [-0.05, 0) is 35.7 Å². The number of nitrogens with one attached hydrogen (secondary N) is 1. The Labute approximate surface area is 165 Å². The smallest absolute Gasteiger partial charge is 0.216 e. The van der Waals surface area contributed by atoms with E-state index in [2.05, 4.69) is 55.4 Å². The number of benzene rings is 1. The summed E-state index contributed by atoms with van der Waals surface area (Å²) >= 11 is 1.74. The van der Waals surface area contributed by atoms with Crippen molar-refractivity contribution in [3.05, 3.63) is 70.8 Å². The Bertz CT molecular complexity index is 1150. The average molecular weight is 390 g/mol. The second-order valence-corrected chi connectivity index (χ2v) is 7.91. The van der Waals surface area contributed by atoms with Gasteiger partial charge in [0.2, 0.25) is 11.9 Å². The van der Waals surface area contributed by atoms with Crippen LogP contribution in [-0.2, 0) is 6.54 Å². The molecule has 3 aromatic heterocycles. The van der Waals surface area contributed by atoms with Gasteiger partial charge in [0, 0.05) is 4.88 Å². The van der Waals surface area contributed by atoms with Crippen molar-refractivity contribution in [3.8, 4) is 0 Å². The Hall–Kier alpha value is -3.10. The highest BCUT2D eigenvalue weighted by molar-refractivity contribution is 7.10. The Balaban J connectivity index is 1.44. The molecule has 0 fully saturated rings. The Morgan fingerprint density at radius 2 is 2.11 bits per heavy atom. The van der Waals surface area contributed by atoms with Gasteiger partial charge in [-0.3, -0.25) is 14.4 Å². The molecule has 2 aliphatic rings. The topological polar surface area (TPSA) is 61.8 Å². The molecule has 6 rings (SSSR count). The van der Waals surface area contributed by atoms with Crippen molar-refractivity contribution in [1.82, 2.24) is 19.8 Å². The van der Waals surface area contributed by atoms with Crippen molar-refractivity contribution in [2.75, 3.05) is 18.2 Å². The van der Waals surface area contributed by atoms with Gasteiger partial charge in [0.25, 0.3) is 0 Å². The fraction of sp³-hybridized carbons (Fsp3) is 0.200. The fourth-order valence-corrected chi connectivity index (χ4v) is 4.64. The van der Waals surface area contributed by atoms with Crippen LogP contribution in [0.1, 0.15) is 16.8 Å². The summed E-state index contributed by atoms with van der Waals surface area (Å²) in [7, 11) is 0. The molecule has 2 aliphatic heterocycles. The van der Waals surface area contributed by atoms with Crippen LogP contribution in [0.15, 0.2) is 69.6 Å². The molecule has 28 heavy (non-hydrogen) atoms. The van der Waals surface area contributed by atoms with E-state index in [9.17, 15) is 0 Å². The number of aromatic nitrogens is 2. The van der Waals surface area contributed by atoms with Gasteiger partial charge < -0.3 is 9.73 Å². The molecule has 0 aliphatic carbocycles. The van der Waals surface area contributed by atoms with Gasteiger partial charge in [0.05, 0.1) is 37.2 Å². The maximum atomic E-state index is 5.51. The number of fused-ring (bicyclic) bond motifs is 5. The van der Waals surface area contributed by atoms with E-state index in [0.29, 0.717) is 13.3 Å². The third kappa shape index (κ3) is 2.45. The van der Waals surface area contributed by atoms with Crippen LogP contribution in [0, 0.1) is 0 Å². The maximum Gasteiger partial charge on any atom is 0.216 e. The standard InChI is InChI=1S/C20H18N6OS/c1-2-7-16-15(6-1)22-20-25-13-24(11-14-5-3-9-27-14)12-21-19(25)23-18(26(16)20)17-8-4-10-28-17/h1-10,18H,11-13H2,(H,21,23)/t18-/m0/s1. The van der Waals surface area contributed by atoms with Gasteiger partial charge >= 0.3 is 0 Å². The molecule has 0 spiro atoms. The second-order valence-electron chi connectivity index (χ2n) is 6.93. The summed E-state index contributed by atoms with van der Waals surface area (Å²) in [5.74, 6) is 2.73. The Kier molecular flexibility index (Phi) is 3.53. The third-order valence-corrected chi connectivity index (χ3v) is 6.06. The van der Waals surface area contributed by atoms with E-state index in [0.717, 1.165) is 35.2 Å². The quantitative estimate of drug-likeness (QED) is 0.581. The monoisotopic (exact) mass is 390 g/mol. The molecule has 0 unspecified atom stereocenters. The number of imidazole rings is 1. The number of thiophene rings is 1. The minimum atomic E-state index is -0.00553. The maximum absolute atomic E-state index is 5.51. The van der Waals surface area contributed by atoms with Gasteiger partial charge in [0.1, 0.15) is 11.9 Å². The summed E-state index contributed by atoms with van der Waals surface area (Å²) in [6.45, 7) is 2.04. The van der Waals surface area contributed by atoms with Crippen LogP contribution < -0.4 is 10.2 Å². The number of hydrogen-bond donors (Lipinski definition) is 1. The zero-order valence-corrected chi connectivity index (χ0v) is 15.8. The zero-order valence-electron chi connectivity index (χ0n) is 15.0. The van der Waals surface area contributed by atoms with Crippen molar-refractivity contribution < 1.29 is 4.42 Å². The first-order valence-electron chi connectivity index (χ1n) is 9.20. The van der Waals surface area contributed by atoms with E-state index in [-0.39, 0.29) is 6.17 Å². The Morgan fingerprint density at radius 3 is 2.96 bits per heavy atom. The van der Waals surface area contributed by atoms with Crippen LogP contribution in [0.2, 0.25) is 0 Å². The zero-order chi connectivity index (χ0) is 18.5. The molecule has 0 saturated heterocycles. The first kappa shape index (κ1) is 15.9. The number of anilines is 1. The predicted molar refractivity (Wildman–Crippen MR) is 109 cm³/mol. The minimum Gasteiger partial charge on any atom is -0.468 e. The number of guanidine groups is 1. The summed E-state index contributed by atoms with van der Waals surface area (Å²) in [5.41, 5.74) is 2.11. The summed E-state index contributed by atoms with van der Waals surface area (Å²) in [6.07, 6.45) is 1.70. The van der Waals surface area contributed by atoms with Gasteiger partial charge in [-0.2, -0.15) is 0 Å². The largest absolute Gasteiger partial charge is 0.468 e. The lowest BCUT2D eigenvalue weighted by Crippen LogP contribution is -2.57. The number of nitrogens with zero attached hydrogens (tertiary/aromatic N) is 5. The van der Waals surface area contributed by atoms with Crippen LogP contribution in [-0.4, -0.2) is 33.7 Å². The van der Waals surface area contributed by atoms with Crippen LogP contribution in [0.4, 0.5) is 5.95 Å². The Morgan fingerprint density at radius 1 is 1.14 bits per heavy atom. The minimum absolute atomic E-state index is 0.00553. The van der Waals surface area contributed by atoms with Crippen LogP contribution in [0.5, 0.6) is 0 Å². The van der Waals surface area contributed by atoms with Crippen LogP contribution >= 0.6 is 11.3 Å². The first-order valence-corrected chi connectivity index (χ1v) is 10.1. The van der Waals surface area contributed by atoms with E-state index in [1.54, 1.807) is 17.6 Å². The molecule has 7 nitrogen and oxygen atoms in total. The molecule has 0 amide bonds. The van der Waals surface area contributed by atoms with Crippen LogP contribution in [0.25, 0.3) is 11.0 Å². The van der Waals surface area contributed by atoms with E-state index in [1.807, 2.05) is 18.2 Å². The lowest BCUT2D eigenvalue weighted by Gasteiger charge is -2.41. The molecule has 1 aromatic carbocycles. The molecular weight excluding hydrogens is 372 g/mol. The highest BCUT2D eigenvalue weighted by atomic mass is 32.1. The molecule has 5 heterocycles. The van der Waals surface area contributed by atoms with Crippen molar-refractivity contribution >= 4 is 34.3 Å². The normalized spacial score (nSPS) is 19.2. The molecule has 0 bridgehead atoms. The van der Waals surface area contributed by atoms with E-state index in [1.165, 1.54) is 4.88 Å². The van der Waals surface area contributed by atoms with Crippen molar-refractivity contribution in [2.24, 2.45) is 4.99 Å². The lowest BCUT2D eigenvalue weighted by molar-refractivity contribution is 0.243. The number of rotatable bonds is 3. The van der Waals surface area contributed by atoms with Gasteiger partial charge in [-0.1, -0.05) is 18.2 Å². The average Bonchev–Trinajstić information content (AvgIpc) is 3.48. The first-order chi connectivity index (χ1) is 13.9. The SMILES string of the molecule is c1coc(CN2CN=C3N[C@H](c4cccs4)n4c(nc5ccccc54)N3C2)c1. The molecule has 8 heteroatoms.